The highest BCUT2D eigenvalue weighted by molar-refractivity contribution is 5.98. The number of carbonyl (C=O) groups is 2. The molecule has 0 amide bonds. The van der Waals surface area contributed by atoms with Gasteiger partial charge in [0, 0.05) is 43.4 Å². The summed E-state index contributed by atoms with van der Waals surface area (Å²) < 4.78 is 29.5. The molecule has 8 heteroatoms. The Morgan fingerprint density at radius 1 is 0.846 bits per heavy atom. The van der Waals surface area contributed by atoms with E-state index >= 15 is 0 Å². The fraction of sp³-hybridized carbons (Fsp3) is 0.226. The van der Waals surface area contributed by atoms with Gasteiger partial charge in [0.05, 0.1) is 23.2 Å². The van der Waals surface area contributed by atoms with Crippen LogP contribution in [0.4, 0.5) is 25.8 Å². The lowest BCUT2D eigenvalue weighted by Crippen LogP contribution is -2.35. The molecule has 0 radical (unpaired) electrons. The van der Waals surface area contributed by atoms with Gasteiger partial charge in [0.15, 0.2) is 11.6 Å². The van der Waals surface area contributed by atoms with Gasteiger partial charge in [0.1, 0.15) is 11.6 Å². The maximum Gasteiger partial charge on any atom is 0.183 e. The third-order valence-corrected chi connectivity index (χ3v) is 6.98. The smallest absolute Gasteiger partial charge is 0.183 e. The molecule has 4 aromatic rings. The van der Waals surface area contributed by atoms with E-state index in [1.807, 2.05) is 12.1 Å². The SMILES string of the molecule is O=C(Cc1ccc(Nc2ccc(CC(=O)c3ccc[nH]3)cc2F)c(F)c1)c1ccc(N2CCC(O)CC2)cc1. The molecule has 0 aliphatic carbocycles. The first-order chi connectivity index (χ1) is 18.9. The standard InChI is InChI=1S/C31H29F2N3O3/c32-25-16-20(18-30(38)22-5-7-23(8-6-22)36-14-11-24(37)12-15-36)3-9-27(25)35-28-10-4-21(17-26(28)33)19-31(39)29-2-1-13-34-29/h1-10,13,16-17,24,34-35,37H,11-12,14-15,18-19H2. The summed E-state index contributed by atoms with van der Waals surface area (Å²) in [5, 5.41) is 12.4. The number of aliphatic hydroxyl groups is 1. The lowest BCUT2D eigenvalue weighted by atomic mass is 10.0. The van der Waals surface area contributed by atoms with Crippen LogP contribution in [-0.2, 0) is 12.8 Å². The second-order valence-corrected chi connectivity index (χ2v) is 9.80. The van der Waals surface area contributed by atoms with Crippen molar-refractivity contribution in [3.05, 3.63) is 113 Å². The number of anilines is 3. The molecule has 0 unspecified atom stereocenters. The van der Waals surface area contributed by atoms with E-state index in [4.69, 9.17) is 0 Å². The molecule has 3 N–H and O–H groups in total. The van der Waals surface area contributed by atoms with Gasteiger partial charge in [-0.2, -0.15) is 0 Å². The zero-order valence-electron chi connectivity index (χ0n) is 21.3. The van der Waals surface area contributed by atoms with E-state index in [1.165, 1.54) is 24.3 Å². The van der Waals surface area contributed by atoms with Gasteiger partial charge in [-0.05, 0) is 84.6 Å². The number of carbonyl (C=O) groups excluding carboxylic acids is 2. The van der Waals surface area contributed by atoms with Crippen LogP contribution in [0.3, 0.4) is 0 Å². The zero-order chi connectivity index (χ0) is 27.4. The van der Waals surface area contributed by atoms with E-state index in [0.717, 1.165) is 31.6 Å². The molecule has 1 saturated heterocycles. The third kappa shape index (κ3) is 6.41. The van der Waals surface area contributed by atoms with Crippen molar-refractivity contribution in [2.75, 3.05) is 23.3 Å². The second-order valence-electron chi connectivity index (χ2n) is 9.80. The van der Waals surface area contributed by atoms with E-state index in [2.05, 4.69) is 15.2 Å². The second kappa shape index (κ2) is 11.6. The molecule has 1 aromatic heterocycles. The van der Waals surface area contributed by atoms with Gasteiger partial charge in [-0.1, -0.05) is 12.1 Å². The van der Waals surface area contributed by atoms with Crippen molar-refractivity contribution in [3.8, 4) is 0 Å². The Balaban J connectivity index is 1.19. The van der Waals surface area contributed by atoms with Crippen LogP contribution in [0.2, 0.25) is 0 Å². The van der Waals surface area contributed by atoms with Crippen LogP contribution < -0.4 is 10.2 Å². The van der Waals surface area contributed by atoms with Crippen molar-refractivity contribution in [2.45, 2.75) is 31.8 Å². The highest BCUT2D eigenvalue weighted by Crippen LogP contribution is 2.26. The predicted molar refractivity (Wildman–Crippen MR) is 147 cm³/mol. The van der Waals surface area contributed by atoms with E-state index in [-0.39, 0.29) is 41.9 Å². The fourth-order valence-corrected chi connectivity index (χ4v) is 4.74. The maximum atomic E-state index is 14.8. The number of nitrogens with zero attached hydrogens (tertiary/aromatic N) is 1. The zero-order valence-corrected chi connectivity index (χ0v) is 21.3. The summed E-state index contributed by atoms with van der Waals surface area (Å²) >= 11 is 0. The van der Waals surface area contributed by atoms with Crippen molar-refractivity contribution in [3.63, 3.8) is 0 Å². The Kier molecular flexibility index (Phi) is 7.84. The first kappa shape index (κ1) is 26.3. The average Bonchev–Trinajstić information content (AvgIpc) is 3.48. The number of aromatic nitrogens is 1. The van der Waals surface area contributed by atoms with Crippen LogP contribution in [0, 0.1) is 11.6 Å². The number of aliphatic hydroxyl groups excluding tert-OH is 1. The summed E-state index contributed by atoms with van der Waals surface area (Å²) in [5.74, 6) is -1.50. The Labute approximate surface area is 225 Å². The van der Waals surface area contributed by atoms with Crippen LogP contribution >= 0.6 is 0 Å². The minimum absolute atomic E-state index is 0.0321. The Bertz CT molecular complexity index is 1460. The normalized spacial score (nSPS) is 13.9. The lowest BCUT2D eigenvalue weighted by Gasteiger charge is -2.31. The molecular weight excluding hydrogens is 500 g/mol. The highest BCUT2D eigenvalue weighted by Gasteiger charge is 2.18. The number of hydrogen-bond donors (Lipinski definition) is 3. The van der Waals surface area contributed by atoms with E-state index in [1.54, 1.807) is 42.6 Å². The fourth-order valence-electron chi connectivity index (χ4n) is 4.74. The molecule has 0 bridgehead atoms. The molecule has 200 valence electrons. The van der Waals surface area contributed by atoms with Crippen molar-refractivity contribution in [1.29, 1.82) is 0 Å². The van der Waals surface area contributed by atoms with Crippen LogP contribution in [0.1, 0.15) is 44.8 Å². The topological polar surface area (TPSA) is 85.4 Å². The number of H-pyrrole nitrogens is 1. The Morgan fingerprint density at radius 2 is 1.44 bits per heavy atom. The molecular formula is C31H29F2N3O3. The summed E-state index contributed by atoms with van der Waals surface area (Å²) in [6.45, 7) is 1.55. The van der Waals surface area contributed by atoms with Gasteiger partial charge in [-0.3, -0.25) is 9.59 Å². The monoisotopic (exact) mass is 529 g/mol. The largest absolute Gasteiger partial charge is 0.393 e. The summed E-state index contributed by atoms with van der Waals surface area (Å²) in [7, 11) is 0. The summed E-state index contributed by atoms with van der Waals surface area (Å²) in [6.07, 6.45) is 2.93. The molecule has 5 rings (SSSR count). The van der Waals surface area contributed by atoms with Gasteiger partial charge in [0.2, 0.25) is 0 Å². The number of halogens is 2. The summed E-state index contributed by atoms with van der Waals surface area (Å²) in [5.41, 5.74) is 3.18. The number of Topliss-reactive ketones (excluding diaryl/α,β-unsaturated/α-hetero) is 2. The number of aromatic amines is 1. The van der Waals surface area contributed by atoms with Crippen LogP contribution in [0.5, 0.6) is 0 Å². The molecule has 0 spiro atoms. The molecule has 1 aliphatic rings. The minimum atomic E-state index is -0.603. The molecule has 2 heterocycles. The lowest BCUT2D eigenvalue weighted by molar-refractivity contribution is 0.0982. The molecule has 1 aliphatic heterocycles. The number of rotatable bonds is 9. The minimum Gasteiger partial charge on any atom is -0.393 e. The number of hydrogen-bond acceptors (Lipinski definition) is 5. The molecule has 3 aromatic carbocycles. The quantitative estimate of drug-likeness (QED) is 0.237. The van der Waals surface area contributed by atoms with Crippen molar-refractivity contribution in [1.82, 2.24) is 4.98 Å². The van der Waals surface area contributed by atoms with Crippen LogP contribution in [0.25, 0.3) is 0 Å². The van der Waals surface area contributed by atoms with Crippen molar-refractivity contribution < 1.29 is 23.5 Å². The molecule has 6 nitrogen and oxygen atoms in total. The molecule has 0 saturated carbocycles. The number of nitrogens with one attached hydrogen (secondary N) is 2. The molecule has 0 atom stereocenters. The molecule has 1 fully saturated rings. The van der Waals surface area contributed by atoms with E-state index in [0.29, 0.717) is 22.4 Å². The maximum absolute atomic E-state index is 14.8. The highest BCUT2D eigenvalue weighted by atomic mass is 19.1. The van der Waals surface area contributed by atoms with E-state index in [9.17, 15) is 23.5 Å². The number of piperidine rings is 1. The first-order valence-electron chi connectivity index (χ1n) is 12.9. The van der Waals surface area contributed by atoms with Gasteiger partial charge in [-0.25, -0.2) is 8.78 Å². The van der Waals surface area contributed by atoms with Crippen LogP contribution in [-0.4, -0.2) is 40.9 Å². The number of benzene rings is 3. The van der Waals surface area contributed by atoms with Gasteiger partial charge in [0.25, 0.3) is 0 Å². The third-order valence-electron chi connectivity index (χ3n) is 6.98. The summed E-state index contributed by atoms with van der Waals surface area (Å²) in [6, 6.07) is 19.5. The van der Waals surface area contributed by atoms with E-state index < -0.39 is 11.6 Å². The first-order valence-corrected chi connectivity index (χ1v) is 12.9. The Morgan fingerprint density at radius 3 is 1.97 bits per heavy atom. The molecule has 39 heavy (non-hydrogen) atoms. The Hall–Kier alpha value is -4.30. The van der Waals surface area contributed by atoms with Crippen molar-refractivity contribution in [2.24, 2.45) is 0 Å². The van der Waals surface area contributed by atoms with Crippen LogP contribution in [0.15, 0.2) is 79.0 Å². The van der Waals surface area contributed by atoms with Gasteiger partial charge >= 0.3 is 0 Å². The van der Waals surface area contributed by atoms with Crippen molar-refractivity contribution >= 4 is 28.6 Å². The summed E-state index contributed by atoms with van der Waals surface area (Å²) in [4.78, 5) is 30.1. The predicted octanol–water partition coefficient (Wildman–Crippen LogP) is 5.85. The van der Waals surface area contributed by atoms with Gasteiger partial charge in [-0.15, -0.1) is 0 Å². The number of ketones is 2. The van der Waals surface area contributed by atoms with Gasteiger partial charge < -0.3 is 20.3 Å². The average molecular weight is 530 g/mol.